The number of nitrogens with two attached hydrogens (primary N) is 1. The summed E-state index contributed by atoms with van der Waals surface area (Å²) in [7, 11) is 0. The third-order valence-electron chi connectivity index (χ3n) is 2.36. The average Bonchev–Trinajstić information content (AvgIpc) is 2.53. The monoisotopic (exact) mass is 198 g/mol. The van der Waals surface area contributed by atoms with Crippen molar-refractivity contribution < 1.29 is 0 Å². The van der Waals surface area contributed by atoms with Crippen molar-refractivity contribution in [3.8, 4) is 0 Å². The van der Waals surface area contributed by atoms with E-state index < -0.39 is 0 Å². The Hall–Kier alpha value is -0.900. The van der Waals surface area contributed by atoms with E-state index in [1.165, 1.54) is 12.8 Å². The zero-order valence-corrected chi connectivity index (χ0v) is 7.96. The fourth-order valence-electron chi connectivity index (χ4n) is 1.75. The van der Waals surface area contributed by atoms with Gasteiger partial charge in [-0.05, 0) is 24.4 Å². The van der Waals surface area contributed by atoms with Crippen LogP contribution in [0.4, 0.5) is 5.95 Å². The van der Waals surface area contributed by atoms with Gasteiger partial charge in [0.25, 0.3) is 0 Å². The summed E-state index contributed by atoms with van der Waals surface area (Å²) < 4.78 is 0. The van der Waals surface area contributed by atoms with Crippen molar-refractivity contribution in [2.75, 3.05) is 5.73 Å². The predicted molar refractivity (Wildman–Crippen MR) is 50.5 cm³/mol. The zero-order chi connectivity index (χ0) is 9.26. The molecule has 2 rings (SSSR count). The van der Waals surface area contributed by atoms with Gasteiger partial charge in [0.05, 0.1) is 0 Å². The maximum atomic E-state index is 5.69. The van der Waals surface area contributed by atoms with Crippen molar-refractivity contribution in [1.82, 2.24) is 15.0 Å². The Bertz CT molecular complexity index is 289. The van der Waals surface area contributed by atoms with Crippen molar-refractivity contribution in [3.05, 3.63) is 11.1 Å². The van der Waals surface area contributed by atoms with Gasteiger partial charge in [-0.15, -0.1) is 0 Å². The van der Waals surface area contributed by atoms with E-state index in [0.29, 0.717) is 5.92 Å². The normalized spacial score (nSPS) is 17.9. The SMILES string of the molecule is Nc1nc(Cl)nc(C2CCCC2)n1. The molecule has 1 aromatic heterocycles. The molecule has 4 nitrogen and oxygen atoms in total. The molecule has 0 aromatic carbocycles. The number of nitrogen functional groups attached to an aromatic ring is 1. The quantitative estimate of drug-likeness (QED) is 0.747. The molecule has 1 fully saturated rings. The summed E-state index contributed by atoms with van der Waals surface area (Å²) in [4.78, 5) is 11.9. The third-order valence-corrected chi connectivity index (χ3v) is 2.53. The van der Waals surface area contributed by atoms with Crippen LogP contribution < -0.4 is 5.73 Å². The van der Waals surface area contributed by atoms with E-state index in [2.05, 4.69) is 15.0 Å². The Kier molecular flexibility index (Phi) is 2.31. The predicted octanol–water partition coefficient (Wildman–Crippen LogP) is 1.76. The number of halogens is 1. The fourth-order valence-corrected chi connectivity index (χ4v) is 1.92. The van der Waals surface area contributed by atoms with Crippen molar-refractivity contribution in [2.45, 2.75) is 31.6 Å². The van der Waals surface area contributed by atoms with Crippen molar-refractivity contribution in [2.24, 2.45) is 0 Å². The highest BCUT2D eigenvalue weighted by atomic mass is 35.5. The van der Waals surface area contributed by atoms with Gasteiger partial charge in [0.1, 0.15) is 5.82 Å². The zero-order valence-electron chi connectivity index (χ0n) is 7.20. The fraction of sp³-hybridized carbons (Fsp3) is 0.625. The lowest BCUT2D eigenvalue weighted by Gasteiger charge is -2.06. The molecule has 0 aliphatic heterocycles. The second-order valence-electron chi connectivity index (χ2n) is 3.30. The molecule has 1 heterocycles. The summed E-state index contributed by atoms with van der Waals surface area (Å²) in [6, 6.07) is 0. The molecule has 1 saturated carbocycles. The highest BCUT2D eigenvalue weighted by Crippen LogP contribution is 2.32. The number of aromatic nitrogens is 3. The van der Waals surface area contributed by atoms with E-state index >= 15 is 0 Å². The van der Waals surface area contributed by atoms with E-state index in [0.717, 1.165) is 18.7 Å². The molecule has 1 aromatic rings. The van der Waals surface area contributed by atoms with E-state index in [-0.39, 0.29) is 11.2 Å². The van der Waals surface area contributed by atoms with E-state index in [1.807, 2.05) is 0 Å². The molecule has 0 amide bonds. The first-order valence-electron chi connectivity index (χ1n) is 4.42. The highest BCUT2D eigenvalue weighted by Gasteiger charge is 2.20. The summed E-state index contributed by atoms with van der Waals surface area (Å²) in [5, 5.41) is 0.203. The van der Waals surface area contributed by atoms with Crippen LogP contribution in [0.15, 0.2) is 0 Å². The Labute approximate surface area is 81.6 Å². The van der Waals surface area contributed by atoms with Crippen LogP contribution in [0.25, 0.3) is 0 Å². The molecule has 0 saturated heterocycles. The van der Waals surface area contributed by atoms with Gasteiger partial charge in [0.15, 0.2) is 0 Å². The van der Waals surface area contributed by atoms with Crippen LogP contribution in [0.2, 0.25) is 5.28 Å². The molecule has 0 bridgehead atoms. The van der Waals surface area contributed by atoms with Gasteiger partial charge in [0.2, 0.25) is 11.2 Å². The first-order chi connectivity index (χ1) is 6.25. The number of rotatable bonds is 1. The standard InChI is InChI=1S/C8H11ClN4/c9-7-11-6(12-8(10)13-7)5-3-1-2-4-5/h5H,1-4H2,(H2,10,11,12,13). The summed E-state index contributed by atoms with van der Waals surface area (Å²) in [6.45, 7) is 0. The summed E-state index contributed by atoms with van der Waals surface area (Å²) in [6.07, 6.45) is 4.77. The van der Waals surface area contributed by atoms with Crippen molar-refractivity contribution in [3.63, 3.8) is 0 Å². The van der Waals surface area contributed by atoms with Crippen molar-refractivity contribution >= 4 is 17.5 Å². The smallest absolute Gasteiger partial charge is 0.227 e. The van der Waals surface area contributed by atoms with Gasteiger partial charge in [-0.3, -0.25) is 0 Å². The Morgan fingerprint density at radius 2 is 1.85 bits per heavy atom. The average molecular weight is 199 g/mol. The lowest BCUT2D eigenvalue weighted by Crippen LogP contribution is -2.06. The topological polar surface area (TPSA) is 64.7 Å². The van der Waals surface area contributed by atoms with Gasteiger partial charge >= 0.3 is 0 Å². The molecular weight excluding hydrogens is 188 g/mol. The maximum absolute atomic E-state index is 5.69. The van der Waals surface area contributed by atoms with Crippen LogP contribution in [-0.4, -0.2) is 15.0 Å². The minimum atomic E-state index is 0.203. The molecule has 5 heteroatoms. The number of hydrogen-bond donors (Lipinski definition) is 1. The summed E-state index contributed by atoms with van der Waals surface area (Å²) in [5.41, 5.74) is 5.48. The van der Waals surface area contributed by atoms with Crippen LogP contribution in [-0.2, 0) is 0 Å². The Balaban J connectivity index is 2.28. The molecule has 0 atom stereocenters. The molecule has 0 radical (unpaired) electrons. The number of hydrogen-bond acceptors (Lipinski definition) is 4. The van der Waals surface area contributed by atoms with Crippen LogP contribution >= 0.6 is 11.6 Å². The first kappa shape index (κ1) is 8.69. The first-order valence-corrected chi connectivity index (χ1v) is 4.80. The van der Waals surface area contributed by atoms with Crippen LogP contribution in [0.3, 0.4) is 0 Å². The van der Waals surface area contributed by atoms with Gasteiger partial charge in [-0.25, -0.2) is 4.98 Å². The van der Waals surface area contributed by atoms with E-state index in [1.54, 1.807) is 0 Å². The summed E-state index contributed by atoms with van der Waals surface area (Å²) in [5.74, 6) is 1.42. The largest absolute Gasteiger partial charge is 0.368 e. The maximum Gasteiger partial charge on any atom is 0.227 e. The van der Waals surface area contributed by atoms with Gasteiger partial charge < -0.3 is 5.73 Å². The van der Waals surface area contributed by atoms with Crippen LogP contribution in [0.1, 0.15) is 37.4 Å². The third kappa shape index (κ3) is 1.88. The molecule has 1 aliphatic rings. The van der Waals surface area contributed by atoms with Gasteiger partial charge in [0, 0.05) is 5.92 Å². The van der Waals surface area contributed by atoms with Crippen LogP contribution in [0, 0.1) is 0 Å². The molecule has 13 heavy (non-hydrogen) atoms. The lowest BCUT2D eigenvalue weighted by molar-refractivity contribution is 0.663. The minimum Gasteiger partial charge on any atom is -0.368 e. The van der Waals surface area contributed by atoms with E-state index in [4.69, 9.17) is 17.3 Å². The lowest BCUT2D eigenvalue weighted by atomic mass is 10.1. The van der Waals surface area contributed by atoms with Crippen molar-refractivity contribution in [1.29, 1.82) is 0 Å². The molecule has 0 unspecified atom stereocenters. The molecular formula is C8H11ClN4. The van der Waals surface area contributed by atoms with Gasteiger partial charge in [-0.1, -0.05) is 12.8 Å². The minimum absolute atomic E-state index is 0.203. The second kappa shape index (κ2) is 3.46. The van der Waals surface area contributed by atoms with Gasteiger partial charge in [-0.2, -0.15) is 9.97 Å². The molecule has 70 valence electrons. The Morgan fingerprint density at radius 3 is 2.46 bits per heavy atom. The second-order valence-corrected chi connectivity index (χ2v) is 3.64. The molecule has 2 N–H and O–H groups in total. The molecule has 0 spiro atoms. The number of nitrogens with zero attached hydrogens (tertiary/aromatic N) is 3. The number of anilines is 1. The molecule has 1 aliphatic carbocycles. The summed E-state index contributed by atoms with van der Waals surface area (Å²) >= 11 is 5.69. The van der Waals surface area contributed by atoms with Crippen LogP contribution in [0.5, 0.6) is 0 Å². The van der Waals surface area contributed by atoms with E-state index in [9.17, 15) is 0 Å². The Morgan fingerprint density at radius 1 is 1.15 bits per heavy atom. The highest BCUT2D eigenvalue weighted by molar-refractivity contribution is 6.28.